The van der Waals surface area contributed by atoms with Crippen LogP contribution in [0.4, 0.5) is 53.3 Å². The van der Waals surface area contributed by atoms with Gasteiger partial charge in [-0.2, -0.15) is 0 Å². The zero-order valence-corrected chi connectivity index (χ0v) is 75.5. The first kappa shape index (κ1) is 94.4. The van der Waals surface area contributed by atoms with Gasteiger partial charge in [0.1, 0.15) is 48.3 Å². The van der Waals surface area contributed by atoms with Crippen molar-refractivity contribution in [2.75, 3.05) is 85.7 Å². The number of carbonyl (C=O) groups is 12. The van der Waals surface area contributed by atoms with Crippen molar-refractivity contribution in [3.8, 4) is 0 Å². The largest absolute Gasteiger partial charge is 0.453 e. The molecular formula is C96H126N14O16. The number of amides is 12. The van der Waals surface area contributed by atoms with Crippen molar-refractivity contribution in [3.05, 3.63) is 180 Å². The lowest BCUT2D eigenvalue weighted by Crippen LogP contribution is -2.57. The van der Waals surface area contributed by atoms with Crippen LogP contribution in [-0.4, -0.2) is 194 Å². The minimum absolute atomic E-state index is 0.0394. The predicted octanol–water partition coefficient (Wildman–Crippen LogP) is 14.3. The maximum absolute atomic E-state index is 13.7. The van der Waals surface area contributed by atoms with Crippen LogP contribution in [0.1, 0.15) is 207 Å². The molecular weight excluding hydrogens is 1610 g/mol. The quantitative estimate of drug-likeness (QED) is 0.0293. The highest BCUT2D eigenvalue weighted by Crippen LogP contribution is 2.49. The molecule has 6 aliphatic heterocycles. The van der Waals surface area contributed by atoms with Crippen LogP contribution in [0, 0.1) is 21.7 Å². The smallest absolute Gasteiger partial charge is 0.407 e. The molecule has 0 saturated carbocycles. The Morgan fingerprint density at radius 1 is 0.278 bits per heavy atom. The van der Waals surface area contributed by atoms with Crippen LogP contribution in [0.2, 0.25) is 0 Å². The Labute approximate surface area is 739 Å². The standard InChI is InChI=1S/2C48H63N7O8/c2*1-47(2,3)39(51-45(60)62-7)43(58)53-28-12-16-37(53)41(56)49-32-22-18-30(19-23-32)35-26-27-36(55(35)34-14-10-9-11-15-34)31-20-24-33(25-21-31)50-42(57)38-17-13-29-54(38)44(59)40(48(4,5)6)52-46(61)63-8/h2*9-11,14-15,18-25,35-40H,12-13,16-17,26-29H2,1-8H3,(H,49,56)(H,50,57)(H,51,60)(H,52,61)/t35-,36-,37+,38+,39-,40-;35-,36-,37-,38-,39+,40+/m10/s1. The average molecular weight is 1730 g/mol. The van der Waals surface area contributed by atoms with Gasteiger partial charge in [0.2, 0.25) is 47.3 Å². The average Bonchev–Trinajstić information content (AvgIpc) is 1.63. The number of methoxy groups -OCH3 is 4. The van der Waals surface area contributed by atoms with Crippen LogP contribution in [0.3, 0.4) is 0 Å². The number of hydrogen-bond acceptors (Lipinski definition) is 18. The zero-order valence-electron chi connectivity index (χ0n) is 75.5. The molecule has 12 rings (SSSR count). The van der Waals surface area contributed by atoms with Gasteiger partial charge in [0, 0.05) is 60.3 Å². The van der Waals surface area contributed by atoms with Crippen molar-refractivity contribution in [2.45, 2.75) is 233 Å². The van der Waals surface area contributed by atoms with E-state index >= 15 is 0 Å². The van der Waals surface area contributed by atoms with Crippen LogP contribution in [0.25, 0.3) is 0 Å². The van der Waals surface area contributed by atoms with E-state index in [-0.39, 0.29) is 71.4 Å². The van der Waals surface area contributed by atoms with Gasteiger partial charge in [-0.1, -0.05) is 168 Å². The summed E-state index contributed by atoms with van der Waals surface area (Å²) in [6.45, 7) is 24.0. The summed E-state index contributed by atoms with van der Waals surface area (Å²) >= 11 is 0. The second-order valence-corrected chi connectivity index (χ2v) is 37.6. The van der Waals surface area contributed by atoms with Crippen molar-refractivity contribution in [3.63, 3.8) is 0 Å². The van der Waals surface area contributed by atoms with Crippen molar-refractivity contribution in [1.29, 1.82) is 0 Å². The highest BCUT2D eigenvalue weighted by atomic mass is 16.6. The number of anilines is 6. The van der Waals surface area contributed by atoms with E-state index in [2.05, 4.69) is 76.6 Å². The molecule has 6 saturated heterocycles. The molecule has 12 amide bonds. The Morgan fingerprint density at radius 3 is 0.643 bits per heavy atom. The number of nitrogens with zero attached hydrogens (tertiary/aromatic N) is 6. The molecule has 0 radical (unpaired) electrons. The molecule has 0 aromatic heterocycles. The van der Waals surface area contributed by atoms with Gasteiger partial charge in [0.05, 0.1) is 52.6 Å². The normalized spacial score (nSPS) is 21.0. The van der Waals surface area contributed by atoms with Gasteiger partial charge in [-0.05, 0) is 194 Å². The number of carbonyl (C=O) groups excluding carboxylic acids is 12. The van der Waals surface area contributed by atoms with E-state index in [0.717, 1.165) is 59.3 Å². The molecule has 6 aliphatic rings. The summed E-state index contributed by atoms with van der Waals surface area (Å²) in [6, 6.07) is 46.0. The molecule has 0 spiro atoms. The van der Waals surface area contributed by atoms with Gasteiger partial charge >= 0.3 is 24.4 Å². The number of nitrogens with one attached hydrogen (secondary N) is 8. The molecule has 8 N–H and O–H groups in total. The maximum Gasteiger partial charge on any atom is 0.407 e. The fourth-order valence-electron chi connectivity index (χ4n) is 18.1. The van der Waals surface area contributed by atoms with Crippen molar-refractivity contribution in [1.82, 2.24) is 40.9 Å². The number of benzene rings is 6. The fourth-order valence-corrected chi connectivity index (χ4v) is 18.1. The molecule has 30 heteroatoms. The summed E-state index contributed by atoms with van der Waals surface area (Å²) in [5.74, 6) is -2.37. The lowest BCUT2D eigenvalue weighted by atomic mass is 9.85. The molecule has 126 heavy (non-hydrogen) atoms. The first-order chi connectivity index (χ1) is 59.8. The lowest BCUT2D eigenvalue weighted by molar-refractivity contribution is -0.140. The van der Waals surface area contributed by atoms with Gasteiger partial charge < -0.3 is 90.9 Å². The summed E-state index contributed by atoms with van der Waals surface area (Å²) in [4.78, 5) is 169. The summed E-state index contributed by atoms with van der Waals surface area (Å²) in [7, 11) is 5.01. The number of likely N-dealkylation sites (tertiary alicyclic amines) is 4. The van der Waals surface area contributed by atoms with Crippen LogP contribution < -0.4 is 52.3 Å². The highest BCUT2D eigenvalue weighted by molar-refractivity contribution is 6.02. The zero-order chi connectivity index (χ0) is 91.3. The fraction of sp³-hybridized carbons (Fsp3) is 0.500. The van der Waals surface area contributed by atoms with E-state index in [1.165, 1.54) is 28.4 Å². The van der Waals surface area contributed by atoms with Gasteiger partial charge in [-0.25, -0.2) is 19.2 Å². The van der Waals surface area contributed by atoms with Gasteiger partial charge in [0.25, 0.3) is 0 Å². The molecule has 6 fully saturated rings. The Hall–Kier alpha value is -12.2. The van der Waals surface area contributed by atoms with E-state index in [1.807, 2.05) is 217 Å². The predicted molar refractivity (Wildman–Crippen MR) is 482 cm³/mol. The summed E-state index contributed by atoms with van der Waals surface area (Å²) < 4.78 is 19.1. The minimum atomic E-state index is -0.863. The van der Waals surface area contributed by atoms with Crippen molar-refractivity contribution < 1.29 is 76.5 Å². The minimum Gasteiger partial charge on any atom is -0.453 e. The SMILES string of the molecule is COC(=O)N[C@H](C(=O)N1CCC[C@H]1C(=O)Nc1ccc([C@@H]2CC[C@@H](c3ccc(NC(=O)[C@@H]4CCCN4C(=O)[C@@H](NC(=O)OC)C(C)(C)C)cc3)N2c2ccccc2)cc1)C(C)(C)C.COC(=O)N[C@H](C(=O)N1CCC[C@H]1C(=O)Nc1ccc([C@H]2CC[C@H](c3ccc(NC(=O)[C@@H]4CCCN4C(=O)[C@@H](NC(=O)OC)C(C)(C)C)cc3)N2c2ccccc2)cc1)C(C)(C)C. The first-order valence-corrected chi connectivity index (χ1v) is 43.7. The maximum atomic E-state index is 13.7. The third kappa shape index (κ3) is 22.7. The van der Waals surface area contributed by atoms with Crippen LogP contribution in [0.5, 0.6) is 0 Å². The van der Waals surface area contributed by atoms with E-state index < -0.39 is 94.4 Å². The number of ether oxygens (including phenoxy) is 4. The lowest BCUT2D eigenvalue weighted by Gasteiger charge is -2.35. The Bertz CT molecular complexity index is 4270. The second-order valence-electron chi connectivity index (χ2n) is 37.6. The number of hydrogen-bond donors (Lipinski definition) is 8. The van der Waals surface area contributed by atoms with Crippen LogP contribution in [0.15, 0.2) is 158 Å². The first-order valence-electron chi connectivity index (χ1n) is 43.7. The number of alkyl carbamates (subject to hydrolysis) is 4. The molecule has 6 aromatic carbocycles. The monoisotopic (exact) mass is 1730 g/mol. The van der Waals surface area contributed by atoms with E-state index in [1.54, 1.807) is 19.6 Å². The van der Waals surface area contributed by atoms with Crippen molar-refractivity contribution >= 4 is 106 Å². The Kier molecular flexibility index (Phi) is 30.6. The van der Waals surface area contributed by atoms with Gasteiger partial charge in [-0.15, -0.1) is 0 Å². The molecule has 0 unspecified atom stereocenters. The molecule has 6 aromatic rings. The van der Waals surface area contributed by atoms with Gasteiger partial charge in [-0.3, -0.25) is 38.4 Å². The number of para-hydroxylation sites is 2. The molecule has 12 atom stereocenters. The summed E-state index contributed by atoms with van der Waals surface area (Å²) in [5.41, 5.74) is 6.58. The van der Waals surface area contributed by atoms with Gasteiger partial charge in [0.15, 0.2) is 0 Å². The molecule has 6 heterocycles. The molecule has 0 bridgehead atoms. The Balaban J connectivity index is 0.000000245. The third-order valence-corrected chi connectivity index (χ3v) is 24.7. The van der Waals surface area contributed by atoms with Crippen LogP contribution in [-0.2, 0) is 57.3 Å². The molecule has 676 valence electrons. The summed E-state index contributed by atoms with van der Waals surface area (Å²) in [6.07, 6.45) is 5.47. The van der Waals surface area contributed by atoms with Crippen LogP contribution >= 0.6 is 0 Å². The third-order valence-electron chi connectivity index (χ3n) is 24.7. The van der Waals surface area contributed by atoms with E-state index in [9.17, 15) is 57.5 Å². The molecule has 30 nitrogen and oxygen atoms in total. The van der Waals surface area contributed by atoms with E-state index in [4.69, 9.17) is 18.9 Å². The summed E-state index contributed by atoms with van der Waals surface area (Å²) in [5, 5.41) is 22.8. The number of rotatable bonds is 22. The van der Waals surface area contributed by atoms with E-state index in [0.29, 0.717) is 100 Å². The second kappa shape index (κ2) is 40.8. The van der Waals surface area contributed by atoms with Crippen molar-refractivity contribution in [2.24, 2.45) is 21.7 Å². The highest BCUT2D eigenvalue weighted by Gasteiger charge is 2.48. The topological polar surface area (TPSA) is 357 Å². The Morgan fingerprint density at radius 2 is 0.468 bits per heavy atom. The molecule has 0 aliphatic carbocycles.